The summed E-state index contributed by atoms with van der Waals surface area (Å²) in [5.74, 6) is 0.426. The van der Waals surface area contributed by atoms with E-state index in [1.54, 1.807) is 11.3 Å². The van der Waals surface area contributed by atoms with Crippen molar-refractivity contribution in [1.82, 2.24) is 5.32 Å². The van der Waals surface area contributed by atoms with Gasteiger partial charge in [-0.3, -0.25) is 4.79 Å². The molecular formula is C14H17N3OS. The molecule has 2 atom stereocenters. The van der Waals surface area contributed by atoms with Gasteiger partial charge < -0.3 is 10.6 Å². The average molecular weight is 275 g/mol. The first-order chi connectivity index (χ1) is 9.20. The van der Waals surface area contributed by atoms with Crippen LogP contribution in [0.4, 0.5) is 5.00 Å². The fraction of sp³-hybridized carbons (Fsp3) is 0.571. The zero-order valence-corrected chi connectivity index (χ0v) is 11.8. The van der Waals surface area contributed by atoms with Crippen molar-refractivity contribution in [3.63, 3.8) is 0 Å². The molecule has 0 aromatic carbocycles. The van der Waals surface area contributed by atoms with Gasteiger partial charge in [-0.05, 0) is 37.3 Å². The number of nitrogens with one attached hydrogen (secondary N) is 2. The Morgan fingerprint density at radius 1 is 1.47 bits per heavy atom. The van der Waals surface area contributed by atoms with Gasteiger partial charge in [0, 0.05) is 11.4 Å². The molecule has 19 heavy (non-hydrogen) atoms. The number of rotatable bonds is 2. The topological polar surface area (TPSA) is 64.9 Å². The van der Waals surface area contributed by atoms with Crippen molar-refractivity contribution < 1.29 is 4.79 Å². The van der Waals surface area contributed by atoms with E-state index in [0.29, 0.717) is 11.5 Å². The number of aryl methyl sites for hydroxylation is 1. The highest BCUT2D eigenvalue weighted by Gasteiger charge is 2.31. The van der Waals surface area contributed by atoms with Gasteiger partial charge in [0.25, 0.3) is 0 Å². The summed E-state index contributed by atoms with van der Waals surface area (Å²) in [4.78, 5) is 13.5. The van der Waals surface area contributed by atoms with Crippen LogP contribution < -0.4 is 10.6 Å². The van der Waals surface area contributed by atoms with Gasteiger partial charge in [-0.25, -0.2) is 0 Å². The maximum Gasteiger partial charge on any atom is 0.229 e. The van der Waals surface area contributed by atoms with Crippen LogP contribution in [-0.4, -0.2) is 19.0 Å². The first-order valence-corrected chi connectivity index (χ1v) is 7.58. The highest BCUT2D eigenvalue weighted by Crippen LogP contribution is 2.38. The number of thiophene rings is 1. The van der Waals surface area contributed by atoms with Crippen LogP contribution in [0.15, 0.2) is 0 Å². The number of carbonyl (C=O) groups is 1. The van der Waals surface area contributed by atoms with Crippen molar-refractivity contribution in [1.29, 1.82) is 5.26 Å². The van der Waals surface area contributed by atoms with E-state index in [9.17, 15) is 10.1 Å². The fourth-order valence-corrected chi connectivity index (χ4v) is 4.22. The van der Waals surface area contributed by atoms with Crippen LogP contribution in [0.1, 0.15) is 29.3 Å². The number of hydrogen-bond acceptors (Lipinski definition) is 4. The van der Waals surface area contributed by atoms with Gasteiger partial charge in [0.05, 0.1) is 11.5 Å². The van der Waals surface area contributed by atoms with Crippen molar-refractivity contribution in [2.75, 3.05) is 18.4 Å². The van der Waals surface area contributed by atoms with Crippen molar-refractivity contribution in [2.24, 2.45) is 11.8 Å². The Morgan fingerprint density at radius 3 is 3.00 bits per heavy atom. The molecule has 1 aromatic rings. The Kier molecular flexibility index (Phi) is 3.29. The van der Waals surface area contributed by atoms with E-state index in [2.05, 4.69) is 23.6 Å². The summed E-state index contributed by atoms with van der Waals surface area (Å²) >= 11 is 1.59. The molecule has 1 aliphatic carbocycles. The molecule has 1 aliphatic heterocycles. The third-order valence-electron chi connectivity index (χ3n) is 4.12. The number of hydrogen-bond donors (Lipinski definition) is 2. The molecule has 2 N–H and O–H groups in total. The summed E-state index contributed by atoms with van der Waals surface area (Å²) in [5, 5.41) is 16.3. The van der Waals surface area contributed by atoms with E-state index < -0.39 is 0 Å². The largest absolute Gasteiger partial charge is 0.316 e. The molecular weight excluding hydrogens is 258 g/mol. The van der Waals surface area contributed by atoms with Crippen LogP contribution in [0.2, 0.25) is 0 Å². The number of nitriles is 1. The molecule has 4 nitrogen and oxygen atoms in total. The smallest absolute Gasteiger partial charge is 0.229 e. The van der Waals surface area contributed by atoms with Crippen LogP contribution in [-0.2, 0) is 17.6 Å². The molecule has 5 heteroatoms. The lowest BCUT2D eigenvalue weighted by Crippen LogP contribution is -2.27. The van der Waals surface area contributed by atoms with Crippen LogP contribution in [0.3, 0.4) is 0 Å². The van der Waals surface area contributed by atoms with E-state index in [1.165, 1.54) is 10.4 Å². The molecule has 0 spiro atoms. The minimum Gasteiger partial charge on any atom is -0.316 e. The second-order valence-electron chi connectivity index (χ2n) is 5.40. The van der Waals surface area contributed by atoms with Gasteiger partial charge in [0.2, 0.25) is 5.91 Å². The number of anilines is 1. The summed E-state index contributed by atoms with van der Waals surface area (Å²) in [6, 6.07) is 2.26. The molecule has 1 fully saturated rings. The minimum atomic E-state index is 0.0171. The Labute approximate surface area is 116 Å². The van der Waals surface area contributed by atoms with E-state index in [4.69, 9.17) is 0 Å². The molecule has 0 radical (unpaired) electrons. The molecule has 0 unspecified atom stereocenters. The summed E-state index contributed by atoms with van der Waals surface area (Å²) in [5.41, 5.74) is 1.87. The van der Waals surface area contributed by atoms with Crippen LogP contribution in [0.5, 0.6) is 0 Å². The van der Waals surface area contributed by atoms with Gasteiger partial charge in [-0.2, -0.15) is 5.26 Å². The average Bonchev–Trinajstić information content (AvgIpc) is 3.04. The zero-order valence-electron chi connectivity index (χ0n) is 11.0. The van der Waals surface area contributed by atoms with Crippen molar-refractivity contribution in [2.45, 2.75) is 26.2 Å². The lowest BCUT2D eigenvalue weighted by Gasteiger charge is -2.13. The Balaban J connectivity index is 1.80. The molecule has 0 bridgehead atoms. The van der Waals surface area contributed by atoms with Crippen LogP contribution in [0.25, 0.3) is 0 Å². The summed E-state index contributed by atoms with van der Waals surface area (Å²) < 4.78 is 0. The molecule has 1 saturated heterocycles. The van der Waals surface area contributed by atoms with Gasteiger partial charge in [-0.15, -0.1) is 11.3 Å². The molecule has 100 valence electrons. The van der Waals surface area contributed by atoms with Gasteiger partial charge in [0.15, 0.2) is 0 Å². The monoisotopic (exact) mass is 275 g/mol. The van der Waals surface area contributed by atoms with Crippen LogP contribution in [0, 0.1) is 23.2 Å². The number of nitrogens with zero attached hydrogens (tertiary/aromatic N) is 1. The zero-order chi connectivity index (χ0) is 13.4. The van der Waals surface area contributed by atoms with Crippen molar-refractivity contribution in [3.8, 4) is 6.07 Å². The minimum absolute atomic E-state index is 0.0171. The van der Waals surface area contributed by atoms with E-state index >= 15 is 0 Å². The second-order valence-corrected chi connectivity index (χ2v) is 6.51. The number of fused-ring (bicyclic) bond motifs is 1. The van der Waals surface area contributed by atoms with E-state index in [-0.39, 0.29) is 11.8 Å². The molecule has 1 aromatic heterocycles. The summed E-state index contributed by atoms with van der Waals surface area (Å²) in [7, 11) is 0. The van der Waals surface area contributed by atoms with E-state index in [0.717, 1.165) is 37.4 Å². The third-order valence-corrected chi connectivity index (χ3v) is 5.33. The predicted molar refractivity (Wildman–Crippen MR) is 75.2 cm³/mol. The summed E-state index contributed by atoms with van der Waals surface area (Å²) in [6.45, 7) is 3.72. The van der Waals surface area contributed by atoms with Crippen LogP contribution >= 0.6 is 11.3 Å². The molecule has 0 saturated carbocycles. The molecule has 2 aliphatic rings. The van der Waals surface area contributed by atoms with Crippen molar-refractivity contribution >= 4 is 22.2 Å². The molecule has 1 amide bonds. The molecule has 2 heterocycles. The van der Waals surface area contributed by atoms with E-state index in [1.807, 2.05) is 0 Å². The second kappa shape index (κ2) is 4.95. The summed E-state index contributed by atoms with van der Waals surface area (Å²) in [6.07, 6.45) is 3.16. The Bertz CT molecular complexity index is 558. The van der Waals surface area contributed by atoms with Crippen molar-refractivity contribution in [3.05, 3.63) is 16.0 Å². The lowest BCUT2D eigenvalue weighted by atomic mass is 9.97. The Morgan fingerprint density at radius 2 is 2.32 bits per heavy atom. The fourth-order valence-electron chi connectivity index (χ4n) is 2.98. The maximum atomic E-state index is 12.3. The predicted octanol–water partition coefficient (Wildman–Crippen LogP) is 1.90. The SMILES string of the molecule is C[C@@H]1CNC[C@H]1C(=O)Nc1sc2c(c1C#N)CCC2. The molecule has 3 rings (SSSR count). The lowest BCUT2D eigenvalue weighted by molar-refractivity contribution is -0.120. The normalized spacial score (nSPS) is 25.1. The first kappa shape index (κ1) is 12.6. The standard InChI is InChI=1S/C14H17N3OS/c1-8-6-16-7-11(8)13(18)17-14-10(5-15)9-3-2-4-12(9)19-14/h8,11,16H,2-4,6-7H2,1H3,(H,17,18)/t8-,11-/m1/s1. The number of amides is 1. The highest BCUT2D eigenvalue weighted by molar-refractivity contribution is 7.16. The quantitative estimate of drug-likeness (QED) is 0.866. The third kappa shape index (κ3) is 2.15. The first-order valence-electron chi connectivity index (χ1n) is 6.77. The van der Waals surface area contributed by atoms with Gasteiger partial charge in [0.1, 0.15) is 11.1 Å². The highest BCUT2D eigenvalue weighted by atomic mass is 32.1. The number of carbonyl (C=O) groups excluding carboxylic acids is 1. The Hall–Kier alpha value is -1.38. The van der Waals surface area contributed by atoms with Gasteiger partial charge >= 0.3 is 0 Å². The maximum absolute atomic E-state index is 12.3. The van der Waals surface area contributed by atoms with Gasteiger partial charge in [-0.1, -0.05) is 6.92 Å².